The predicted molar refractivity (Wildman–Crippen MR) is 80.6 cm³/mol. The van der Waals surface area contributed by atoms with Crippen LogP contribution in [-0.2, 0) is 0 Å². The Morgan fingerprint density at radius 1 is 1.35 bits per heavy atom. The molecule has 1 atom stereocenters. The lowest BCUT2D eigenvalue weighted by molar-refractivity contribution is 0.0790. The van der Waals surface area contributed by atoms with Gasteiger partial charge in [-0.15, -0.1) is 0 Å². The van der Waals surface area contributed by atoms with Crippen LogP contribution in [0.3, 0.4) is 0 Å². The highest BCUT2D eigenvalue weighted by Crippen LogP contribution is 2.21. The topological polar surface area (TPSA) is 59.5 Å². The molecule has 1 aromatic heterocycles. The lowest BCUT2D eigenvalue weighted by atomic mass is 10.0. The van der Waals surface area contributed by atoms with Gasteiger partial charge in [0.2, 0.25) is 0 Å². The van der Waals surface area contributed by atoms with Gasteiger partial charge in [0.1, 0.15) is 11.8 Å². The van der Waals surface area contributed by atoms with Gasteiger partial charge in [-0.05, 0) is 18.4 Å². The van der Waals surface area contributed by atoms with Gasteiger partial charge in [0.05, 0.1) is 5.56 Å². The van der Waals surface area contributed by atoms with E-state index < -0.39 is 0 Å². The van der Waals surface area contributed by atoms with Crippen LogP contribution in [0.25, 0.3) is 11.0 Å². The Balaban J connectivity index is 2.07. The minimum Gasteiger partial charge on any atom is -0.463 e. The summed E-state index contributed by atoms with van der Waals surface area (Å²) in [5, 5.41) is 0.859. The van der Waals surface area contributed by atoms with E-state index in [9.17, 15) is 4.79 Å². The number of benzene rings is 1. The number of fused-ring (bicyclic) bond motifs is 1. The van der Waals surface area contributed by atoms with E-state index in [2.05, 4.69) is 13.8 Å². The summed E-state index contributed by atoms with van der Waals surface area (Å²) in [6.45, 7) is 4.84. The second-order valence-corrected chi connectivity index (χ2v) is 5.57. The number of hydrogen-bond acceptors (Lipinski definition) is 3. The maximum absolute atomic E-state index is 12.4. The number of carbonyl (C=O) groups is 1. The van der Waals surface area contributed by atoms with Crippen molar-refractivity contribution >= 4 is 16.9 Å². The number of nitrogens with two attached hydrogens (primary N) is 1. The normalized spacial score (nSPS) is 12.8. The molecule has 2 aromatic rings. The first-order valence-corrected chi connectivity index (χ1v) is 6.98. The SMILES string of the molecule is CC(C)C(N)CCN(C)C(=O)c1coc2ccccc12. The summed E-state index contributed by atoms with van der Waals surface area (Å²) in [4.78, 5) is 14.1. The number of amides is 1. The minimum atomic E-state index is -0.0223. The van der Waals surface area contributed by atoms with Gasteiger partial charge in [-0.25, -0.2) is 0 Å². The van der Waals surface area contributed by atoms with E-state index in [1.807, 2.05) is 24.3 Å². The van der Waals surface area contributed by atoms with Crippen LogP contribution in [0.4, 0.5) is 0 Å². The van der Waals surface area contributed by atoms with Crippen LogP contribution in [-0.4, -0.2) is 30.4 Å². The molecule has 0 saturated heterocycles. The van der Waals surface area contributed by atoms with Gasteiger partial charge in [-0.1, -0.05) is 32.0 Å². The van der Waals surface area contributed by atoms with Gasteiger partial charge >= 0.3 is 0 Å². The van der Waals surface area contributed by atoms with Crippen molar-refractivity contribution in [2.24, 2.45) is 11.7 Å². The Morgan fingerprint density at radius 2 is 2.05 bits per heavy atom. The first-order valence-electron chi connectivity index (χ1n) is 6.98. The molecule has 20 heavy (non-hydrogen) atoms. The van der Waals surface area contributed by atoms with E-state index in [0.717, 1.165) is 17.4 Å². The molecule has 1 unspecified atom stereocenters. The molecule has 0 aliphatic carbocycles. The third-order valence-corrected chi connectivity index (χ3v) is 3.71. The van der Waals surface area contributed by atoms with E-state index in [4.69, 9.17) is 10.2 Å². The number of para-hydroxylation sites is 1. The Morgan fingerprint density at radius 3 is 2.75 bits per heavy atom. The standard InChI is InChI=1S/C16H22N2O2/c1-11(2)14(17)8-9-18(3)16(19)13-10-20-15-7-5-4-6-12(13)15/h4-7,10-11,14H,8-9,17H2,1-3H3. The lowest BCUT2D eigenvalue weighted by Crippen LogP contribution is -2.34. The fourth-order valence-corrected chi connectivity index (χ4v) is 2.13. The predicted octanol–water partition coefficient (Wildman–Crippen LogP) is 2.88. The van der Waals surface area contributed by atoms with Crippen LogP contribution < -0.4 is 5.73 Å². The fourth-order valence-electron chi connectivity index (χ4n) is 2.13. The second kappa shape index (κ2) is 6.09. The van der Waals surface area contributed by atoms with Crippen molar-refractivity contribution in [2.75, 3.05) is 13.6 Å². The van der Waals surface area contributed by atoms with Crippen molar-refractivity contribution in [3.63, 3.8) is 0 Å². The molecule has 0 aliphatic heterocycles. The Bertz CT molecular complexity index is 589. The van der Waals surface area contributed by atoms with Crippen LogP contribution in [0.15, 0.2) is 34.9 Å². The first kappa shape index (κ1) is 14.6. The van der Waals surface area contributed by atoms with Crippen LogP contribution >= 0.6 is 0 Å². The third kappa shape index (κ3) is 3.02. The number of hydrogen-bond donors (Lipinski definition) is 1. The Hall–Kier alpha value is -1.81. The highest BCUT2D eigenvalue weighted by atomic mass is 16.3. The smallest absolute Gasteiger partial charge is 0.257 e. The minimum absolute atomic E-state index is 0.0223. The molecule has 1 heterocycles. The molecule has 0 spiro atoms. The molecule has 0 aliphatic rings. The molecule has 1 amide bonds. The van der Waals surface area contributed by atoms with Crippen molar-refractivity contribution in [1.29, 1.82) is 0 Å². The first-order chi connectivity index (χ1) is 9.50. The monoisotopic (exact) mass is 274 g/mol. The average molecular weight is 274 g/mol. The van der Waals surface area contributed by atoms with E-state index in [-0.39, 0.29) is 11.9 Å². The lowest BCUT2D eigenvalue weighted by Gasteiger charge is -2.21. The van der Waals surface area contributed by atoms with E-state index >= 15 is 0 Å². The quantitative estimate of drug-likeness (QED) is 0.912. The summed E-state index contributed by atoms with van der Waals surface area (Å²) in [6.07, 6.45) is 2.33. The van der Waals surface area contributed by atoms with E-state index in [1.165, 1.54) is 6.26 Å². The van der Waals surface area contributed by atoms with E-state index in [0.29, 0.717) is 18.0 Å². The largest absolute Gasteiger partial charge is 0.463 e. The maximum atomic E-state index is 12.4. The summed E-state index contributed by atoms with van der Waals surface area (Å²) in [5.74, 6) is 0.402. The molecule has 0 radical (unpaired) electrons. The molecule has 1 aromatic carbocycles. The summed E-state index contributed by atoms with van der Waals surface area (Å²) >= 11 is 0. The molecule has 4 heteroatoms. The molecule has 108 valence electrons. The van der Waals surface area contributed by atoms with E-state index in [1.54, 1.807) is 11.9 Å². The van der Waals surface area contributed by atoms with Gasteiger partial charge in [0.15, 0.2) is 0 Å². The van der Waals surface area contributed by atoms with Crippen LogP contribution in [0.1, 0.15) is 30.6 Å². The number of carbonyl (C=O) groups excluding carboxylic acids is 1. The molecular formula is C16H22N2O2. The number of furan rings is 1. The molecule has 0 bridgehead atoms. The molecule has 2 rings (SSSR count). The second-order valence-electron chi connectivity index (χ2n) is 5.57. The zero-order chi connectivity index (χ0) is 14.7. The van der Waals surface area contributed by atoms with Crippen LogP contribution in [0.5, 0.6) is 0 Å². The fraction of sp³-hybridized carbons (Fsp3) is 0.438. The molecule has 0 fully saturated rings. The van der Waals surface area contributed by atoms with Gasteiger partial charge < -0.3 is 15.1 Å². The van der Waals surface area contributed by atoms with Gasteiger partial charge in [0.25, 0.3) is 5.91 Å². The summed E-state index contributed by atoms with van der Waals surface area (Å²) in [7, 11) is 1.80. The van der Waals surface area contributed by atoms with Gasteiger partial charge in [0, 0.05) is 25.0 Å². The highest BCUT2D eigenvalue weighted by Gasteiger charge is 2.18. The highest BCUT2D eigenvalue weighted by molar-refractivity contribution is 6.05. The van der Waals surface area contributed by atoms with Gasteiger partial charge in [-0.3, -0.25) is 4.79 Å². The number of rotatable bonds is 5. The molecule has 2 N–H and O–H groups in total. The molecule has 4 nitrogen and oxygen atoms in total. The summed E-state index contributed by atoms with van der Waals surface area (Å²) < 4.78 is 5.41. The van der Waals surface area contributed by atoms with Crippen molar-refractivity contribution in [3.05, 3.63) is 36.1 Å². The Labute approximate surface area is 119 Å². The summed E-state index contributed by atoms with van der Waals surface area (Å²) in [6, 6.07) is 7.68. The van der Waals surface area contributed by atoms with Crippen LogP contribution in [0.2, 0.25) is 0 Å². The van der Waals surface area contributed by atoms with Crippen LogP contribution in [0, 0.1) is 5.92 Å². The zero-order valence-corrected chi connectivity index (χ0v) is 12.3. The molecule has 0 saturated carbocycles. The summed E-state index contributed by atoms with van der Waals surface area (Å²) in [5.41, 5.74) is 7.37. The number of nitrogens with zero attached hydrogens (tertiary/aromatic N) is 1. The van der Waals surface area contributed by atoms with Crippen molar-refractivity contribution < 1.29 is 9.21 Å². The zero-order valence-electron chi connectivity index (χ0n) is 12.3. The Kier molecular flexibility index (Phi) is 4.45. The van der Waals surface area contributed by atoms with Crippen molar-refractivity contribution in [2.45, 2.75) is 26.3 Å². The van der Waals surface area contributed by atoms with Crippen molar-refractivity contribution in [3.8, 4) is 0 Å². The third-order valence-electron chi connectivity index (χ3n) is 3.71. The molecular weight excluding hydrogens is 252 g/mol. The average Bonchev–Trinajstić information content (AvgIpc) is 2.87. The van der Waals surface area contributed by atoms with Gasteiger partial charge in [-0.2, -0.15) is 0 Å². The van der Waals surface area contributed by atoms with Crippen molar-refractivity contribution in [1.82, 2.24) is 4.90 Å². The maximum Gasteiger partial charge on any atom is 0.257 e.